The Morgan fingerprint density at radius 3 is 2.78 bits per heavy atom. The van der Waals surface area contributed by atoms with Crippen molar-refractivity contribution in [2.45, 2.75) is 4.90 Å². The van der Waals surface area contributed by atoms with E-state index in [1.807, 2.05) is 24.5 Å². The highest BCUT2D eigenvalue weighted by Gasteiger charge is 2.15. The first-order valence-electron chi connectivity index (χ1n) is 5.08. The Balaban J connectivity index is 2.45. The lowest BCUT2D eigenvalue weighted by molar-refractivity contribution is 0.0652. The fraction of sp³-hybridized carbons (Fsp3) is 0.167. The summed E-state index contributed by atoms with van der Waals surface area (Å²) in [6, 6.07) is 6.99. The van der Waals surface area contributed by atoms with Crippen molar-refractivity contribution in [3.8, 4) is 17.0 Å². The summed E-state index contributed by atoms with van der Waals surface area (Å²) >= 11 is 1.59. The number of rotatable bonds is 4. The van der Waals surface area contributed by atoms with Crippen molar-refractivity contribution in [3.05, 3.63) is 30.0 Å². The van der Waals surface area contributed by atoms with Crippen LogP contribution in [0.4, 0.5) is 0 Å². The maximum Gasteiger partial charge on any atom is 0.374 e. The normalized spacial score (nSPS) is 10.3. The Bertz CT molecular complexity index is 579. The fourth-order valence-electron chi connectivity index (χ4n) is 1.51. The van der Waals surface area contributed by atoms with Crippen LogP contribution < -0.4 is 4.74 Å². The van der Waals surface area contributed by atoms with E-state index in [2.05, 4.69) is 5.16 Å². The van der Waals surface area contributed by atoms with Crippen molar-refractivity contribution < 1.29 is 19.2 Å². The molecule has 1 aromatic heterocycles. The number of carbonyl (C=O) groups is 1. The van der Waals surface area contributed by atoms with Gasteiger partial charge in [-0.3, -0.25) is 0 Å². The molecule has 0 aliphatic carbocycles. The number of benzene rings is 1. The fourth-order valence-corrected chi connectivity index (χ4v) is 1.94. The second kappa shape index (κ2) is 5.14. The summed E-state index contributed by atoms with van der Waals surface area (Å²) in [4.78, 5) is 11.8. The van der Waals surface area contributed by atoms with Crippen LogP contribution in [0, 0.1) is 0 Å². The summed E-state index contributed by atoms with van der Waals surface area (Å²) in [5, 5.41) is 12.5. The van der Waals surface area contributed by atoms with Crippen molar-refractivity contribution in [2.24, 2.45) is 0 Å². The van der Waals surface area contributed by atoms with Gasteiger partial charge in [0.25, 0.3) is 0 Å². The summed E-state index contributed by atoms with van der Waals surface area (Å²) in [5.41, 5.74) is 1.14. The van der Waals surface area contributed by atoms with Gasteiger partial charge in [-0.25, -0.2) is 4.79 Å². The molecule has 0 atom stereocenters. The van der Waals surface area contributed by atoms with E-state index in [4.69, 9.17) is 14.4 Å². The van der Waals surface area contributed by atoms with E-state index < -0.39 is 5.97 Å². The molecule has 0 aliphatic heterocycles. The number of aromatic nitrogens is 1. The third-order valence-corrected chi connectivity index (χ3v) is 3.13. The van der Waals surface area contributed by atoms with Crippen molar-refractivity contribution in [1.29, 1.82) is 0 Å². The maximum absolute atomic E-state index is 10.7. The average Bonchev–Trinajstić information content (AvgIpc) is 2.87. The molecule has 2 rings (SSSR count). The summed E-state index contributed by atoms with van der Waals surface area (Å²) in [5.74, 6) is -0.707. The number of methoxy groups -OCH3 is 1. The Morgan fingerprint density at radius 2 is 2.22 bits per heavy atom. The number of nitrogens with zero attached hydrogens (tertiary/aromatic N) is 1. The molecule has 0 unspecified atom stereocenters. The van der Waals surface area contributed by atoms with Gasteiger partial charge in [-0.1, -0.05) is 5.16 Å². The van der Waals surface area contributed by atoms with Gasteiger partial charge in [0.15, 0.2) is 0 Å². The van der Waals surface area contributed by atoms with Crippen LogP contribution in [0.3, 0.4) is 0 Å². The van der Waals surface area contributed by atoms with Crippen molar-refractivity contribution in [2.75, 3.05) is 13.4 Å². The van der Waals surface area contributed by atoms with Crippen LogP contribution in [0.15, 0.2) is 33.7 Å². The van der Waals surface area contributed by atoms with Crippen LogP contribution in [0.2, 0.25) is 0 Å². The number of ether oxygens (including phenoxy) is 1. The van der Waals surface area contributed by atoms with Gasteiger partial charge in [0.05, 0.1) is 7.11 Å². The zero-order valence-electron chi connectivity index (χ0n) is 9.84. The molecular formula is C12H11NO4S. The van der Waals surface area contributed by atoms with Gasteiger partial charge in [0.1, 0.15) is 11.4 Å². The van der Waals surface area contributed by atoms with Crippen molar-refractivity contribution in [1.82, 2.24) is 5.16 Å². The molecule has 0 radical (unpaired) electrons. The third kappa shape index (κ3) is 2.33. The molecule has 18 heavy (non-hydrogen) atoms. The van der Waals surface area contributed by atoms with E-state index in [1.165, 1.54) is 6.07 Å². The molecule has 0 spiro atoms. The molecule has 6 heteroatoms. The molecule has 1 N–H and O–H groups in total. The number of thioether (sulfide) groups is 1. The van der Waals surface area contributed by atoms with Crippen LogP contribution in [0.1, 0.15) is 10.6 Å². The monoisotopic (exact) mass is 265 g/mol. The summed E-state index contributed by atoms with van der Waals surface area (Å²) < 4.78 is 10.00. The topological polar surface area (TPSA) is 72.6 Å². The third-order valence-electron chi connectivity index (χ3n) is 2.41. The van der Waals surface area contributed by atoms with Crippen molar-refractivity contribution in [3.63, 3.8) is 0 Å². The van der Waals surface area contributed by atoms with Gasteiger partial charge in [-0.2, -0.15) is 0 Å². The van der Waals surface area contributed by atoms with E-state index in [9.17, 15) is 4.79 Å². The lowest BCUT2D eigenvalue weighted by Gasteiger charge is -2.07. The number of hydrogen-bond donors (Lipinski definition) is 1. The van der Waals surface area contributed by atoms with Gasteiger partial charge >= 0.3 is 5.97 Å². The standard InChI is InChI=1S/C12H11NO4S/c1-16-10-5-7(18-2)3-4-8(10)9-6-11(12(14)15)17-13-9/h3-6H,1-2H3,(H,14,15). The Kier molecular flexibility index (Phi) is 3.57. The van der Waals surface area contributed by atoms with E-state index in [1.54, 1.807) is 18.9 Å². The minimum absolute atomic E-state index is 0.194. The molecular weight excluding hydrogens is 254 g/mol. The molecule has 1 heterocycles. The summed E-state index contributed by atoms with van der Waals surface area (Å²) in [6.45, 7) is 0. The second-order valence-electron chi connectivity index (χ2n) is 3.45. The highest BCUT2D eigenvalue weighted by atomic mass is 32.2. The lowest BCUT2D eigenvalue weighted by Crippen LogP contribution is -1.92. The van der Waals surface area contributed by atoms with Gasteiger partial charge in [-0.05, 0) is 24.5 Å². The van der Waals surface area contributed by atoms with Gasteiger partial charge in [-0.15, -0.1) is 11.8 Å². The van der Waals surface area contributed by atoms with Gasteiger partial charge in [0, 0.05) is 16.5 Å². The zero-order chi connectivity index (χ0) is 13.1. The molecule has 5 nitrogen and oxygen atoms in total. The van der Waals surface area contributed by atoms with Crippen LogP contribution in [0.25, 0.3) is 11.3 Å². The highest BCUT2D eigenvalue weighted by molar-refractivity contribution is 7.98. The summed E-state index contributed by atoms with van der Waals surface area (Å²) in [6.07, 6.45) is 1.97. The van der Waals surface area contributed by atoms with Crippen LogP contribution in [0.5, 0.6) is 5.75 Å². The molecule has 0 fully saturated rings. The van der Waals surface area contributed by atoms with Crippen molar-refractivity contribution >= 4 is 17.7 Å². The van der Waals surface area contributed by atoms with E-state index in [0.29, 0.717) is 17.0 Å². The Morgan fingerprint density at radius 1 is 1.44 bits per heavy atom. The SMILES string of the molecule is COc1cc(SC)ccc1-c1cc(C(=O)O)on1. The zero-order valence-corrected chi connectivity index (χ0v) is 10.7. The first-order valence-corrected chi connectivity index (χ1v) is 6.30. The number of carboxylic acid groups (broad SMARTS) is 1. The molecule has 0 saturated heterocycles. The number of aromatic carboxylic acids is 1. The van der Waals surface area contributed by atoms with Gasteiger partial charge in [0.2, 0.25) is 5.76 Å². The molecule has 2 aromatic rings. The molecule has 1 aromatic carbocycles. The molecule has 0 bridgehead atoms. The predicted molar refractivity (Wildman–Crippen MR) is 67.2 cm³/mol. The Labute approximate surface area is 108 Å². The maximum atomic E-state index is 10.7. The molecule has 0 amide bonds. The van der Waals surface area contributed by atoms with Crippen LogP contribution >= 0.6 is 11.8 Å². The second-order valence-corrected chi connectivity index (χ2v) is 4.33. The van der Waals surface area contributed by atoms with E-state index >= 15 is 0 Å². The highest BCUT2D eigenvalue weighted by Crippen LogP contribution is 2.32. The van der Waals surface area contributed by atoms with Gasteiger partial charge < -0.3 is 14.4 Å². The molecule has 0 aliphatic rings. The largest absolute Gasteiger partial charge is 0.496 e. The predicted octanol–water partition coefficient (Wildman–Crippen LogP) is 2.77. The first-order chi connectivity index (χ1) is 8.65. The molecule has 0 saturated carbocycles. The Hall–Kier alpha value is -1.95. The van der Waals surface area contributed by atoms with E-state index in [0.717, 1.165) is 4.90 Å². The quantitative estimate of drug-likeness (QED) is 0.857. The number of hydrogen-bond acceptors (Lipinski definition) is 5. The summed E-state index contributed by atoms with van der Waals surface area (Å²) in [7, 11) is 1.56. The van der Waals surface area contributed by atoms with Crippen LogP contribution in [-0.4, -0.2) is 29.6 Å². The first kappa shape index (κ1) is 12.5. The number of carboxylic acids is 1. The lowest BCUT2D eigenvalue weighted by atomic mass is 10.1. The average molecular weight is 265 g/mol. The molecule has 94 valence electrons. The minimum atomic E-state index is -1.14. The van der Waals surface area contributed by atoms with E-state index in [-0.39, 0.29) is 5.76 Å². The van der Waals surface area contributed by atoms with Crippen LogP contribution in [-0.2, 0) is 0 Å². The minimum Gasteiger partial charge on any atom is -0.496 e. The smallest absolute Gasteiger partial charge is 0.374 e.